The summed E-state index contributed by atoms with van der Waals surface area (Å²) in [7, 11) is -2.94. The Kier molecular flexibility index (Phi) is 11.1. The summed E-state index contributed by atoms with van der Waals surface area (Å²) in [5.74, 6) is 2.22. The van der Waals surface area contributed by atoms with Crippen LogP contribution in [0.1, 0.15) is 112 Å². The fourth-order valence-corrected chi connectivity index (χ4v) is 18.2. The zero-order chi connectivity index (χ0) is 61.4. The molecule has 10 aromatic rings. The Morgan fingerprint density at radius 1 is 0.415 bits per heavy atom. The molecule has 13 rings (SSSR count). The quantitative estimate of drug-likeness (QED) is 0.149. The van der Waals surface area contributed by atoms with Crippen molar-refractivity contribution in [3.8, 4) is 44.9 Å². The second kappa shape index (κ2) is 19.3. The lowest BCUT2D eigenvalue weighted by Gasteiger charge is -2.43. The van der Waals surface area contributed by atoms with Gasteiger partial charge < -0.3 is 14.5 Å². The third-order valence-corrected chi connectivity index (χ3v) is 22.0. The molecular formula is C76H74N4OSi. The van der Waals surface area contributed by atoms with E-state index in [1.54, 1.807) is 0 Å². The number of fused-ring (bicyclic) bond motifs is 10. The average Bonchev–Trinajstić information content (AvgIpc) is 1.62. The van der Waals surface area contributed by atoms with E-state index in [2.05, 4.69) is 262 Å². The first kappa shape index (κ1) is 47.2. The summed E-state index contributed by atoms with van der Waals surface area (Å²) in [6.07, 6.45) is 1.94. The van der Waals surface area contributed by atoms with Gasteiger partial charge in [0.2, 0.25) is 0 Å². The largest absolute Gasteiger partial charge is 0.457 e. The predicted molar refractivity (Wildman–Crippen MR) is 349 cm³/mol. The molecule has 0 aliphatic carbocycles. The van der Waals surface area contributed by atoms with Crippen molar-refractivity contribution in [2.24, 2.45) is 0 Å². The van der Waals surface area contributed by atoms with Crippen LogP contribution in [-0.4, -0.2) is 19.7 Å². The molecule has 1 aromatic heterocycles. The van der Waals surface area contributed by atoms with Crippen LogP contribution in [-0.2, 0) is 21.7 Å². The molecule has 0 atom stereocenters. The number of hydrogen-bond acceptors (Lipinski definition) is 5. The molecule has 4 heterocycles. The van der Waals surface area contributed by atoms with Gasteiger partial charge in [0, 0.05) is 40.8 Å². The fourth-order valence-electron chi connectivity index (χ4n) is 12.7. The molecule has 82 heavy (non-hydrogen) atoms. The third kappa shape index (κ3) is 8.85. The van der Waals surface area contributed by atoms with Crippen LogP contribution >= 0.6 is 0 Å². The van der Waals surface area contributed by atoms with Gasteiger partial charge in [-0.25, -0.2) is 4.98 Å². The van der Waals surface area contributed by atoms with E-state index in [9.17, 15) is 2.74 Å². The van der Waals surface area contributed by atoms with Crippen LogP contribution in [0, 0.1) is 0 Å². The first-order valence-electron chi connectivity index (χ1n) is 31.3. The van der Waals surface area contributed by atoms with E-state index in [1.165, 1.54) is 48.6 Å². The molecule has 0 N–H and O–H groups in total. The molecule has 3 aliphatic rings. The maximum Gasteiger partial charge on any atom is 0.185 e. The number of hydrogen-bond donors (Lipinski definition) is 0. The van der Waals surface area contributed by atoms with Crippen molar-refractivity contribution >= 4 is 68.8 Å². The van der Waals surface area contributed by atoms with Gasteiger partial charge in [-0.15, -0.1) is 0 Å². The molecule has 5 nitrogen and oxygen atoms in total. The molecule has 0 fully saturated rings. The van der Waals surface area contributed by atoms with Crippen molar-refractivity contribution in [3.63, 3.8) is 0 Å². The summed E-state index contributed by atoms with van der Waals surface area (Å²) in [6.45, 7) is 27.2. The van der Waals surface area contributed by atoms with E-state index in [1.807, 2.05) is 24.4 Å². The minimum atomic E-state index is -2.94. The molecule has 3 aliphatic heterocycles. The lowest BCUT2D eigenvalue weighted by Crippen LogP contribution is -2.75. The minimum Gasteiger partial charge on any atom is -0.457 e. The summed E-state index contributed by atoms with van der Waals surface area (Å²) in [5.41, 5.74) is 14.7. The average molecular weight is 1090 g/mol. The van der Waals surface area contributed by atoms with E-state index in [0.717, 1.165) is 56.6 Å². The second-order valence-electron chi connectivity index (χ2n) is 26.6. The van der Waals surface area contributed by atoms with Gasteiger partial charge in [0.05, 0.1) is 29.6 Å². The smallest absolute Gasteiger partial charge is 0.185 e. The second-order valence-corrected chi connectivity index (χ2v) is 30.2. The normalized spacial score (nSPS) is 15.2. The molecular weight excluding hydrogens is 1010 g/mol. The molecule has 0 saturated heterocycles. The Bertz CT molecular complexity index is 4340. The first-order valence-corrected chi connectivity index (χ1v) is 30.8. The Hall–Kier alpha value is -8.45. The van der Waals surface area contributed by atoms with Gasteiger partial charge in [-0.2, -0.15) is 0 Å². The van der Waals surface area contributed by atoms with Gasteiger partial charge in [-0.3, -0.25) is 4.90 Å². The van der Waals surface area contributed by atoms with Crippen LogP contribution in [0.25, 0.3) is 33.4 Å². The zero-order valence-electron chi connectivity index (χ0n) is 54.3. The molecule has 0 amide bonds. The number of para-hydroxylation sites is 4. The Labute approximate surface area is 494 Å². The standard InChI is InChI=1S/C76H74N4OSi/c1-73(2,3)52-39-40-77-71(46-52)80-65-33-20-23-36-69(65)82(67-34-21-16-27-61(67)62-28-17-22-35-68(62)82)70-38-37-57(48-66(70)80)81-58-45-55(76(10,11)12)44-56(47-58)78-49-79(64-32-19-18-31-63(64)78)72-59(50-25-14-13-15-26-50)29-24-30-60(72)51-41-53(74(4,5)6)43-54(42-51)75(7,8)9/h13-48H,49H2,1-12H3/i13D,14D,15D,25D,26D. The number of aromatic nitrogens is 1. The maximum atomic E-state index is 9.41. The summed E-state index contributed by atoms with van der Waals surface area (Å²) < 4.78 is 52.6. The van der Waals surface area contributed by atoms with Crippen LogP contribution in [0.3, 0.4) is 0 Å². The van der Waals surface area contributed by atoms with E-state index in [4.69, 9.17) is 13.8 Å². The monoisotopic (exact) mass is 1090 g/mol. The van der Waals surface area contributed by atoms with Gasteiger partial charge in [0.1, 0.15) is 24.0 Å². The van der Waals surface area contributed by atoms with Crippen molar-refractivity contribution in [1.82, 2.24) is 4.98 Å². The highest BCUT2D eigenvalue weighted by Crippen LogP contribution is 2.52. The summed E-state index contributed by atoms with van der Waals surface area (Å²) in [4.78, 5) is 12.1. The summed E-state index contributed by atoms with van der Waals surface area (Å²) >= 11 is 0. The van der Waals surface area contributed by atoms with Crippen molar-refractivity contribution in [2.75, 3.05) is 21.4 Å². The predicted octanol–water partition coefficient (Wildman–Crippen LogP) is 17.8. The van der Waals surface area contributed by atoms with Crippen LogP contribution < -0.4 is 40.2 Å². The van der Waals surface area contributed by atoms with Crippen LogP contribution in [0.2, 0.25) is 0 Å². The number of ether oxygens (including phenoxy) is 1. The van der Waals surface area contributed by atoms with Gasteiger partial charge in [-0.1, -0.05) is 235 Å². The van der Waals surface area contributed by atoms with E-state index < -0.39 is 14.1 Å². The lowest BCUT2D eigenvalue weighted by molar-refractivity contribution is 0.479. The number of nitrogens with zero attached hydrogens (tertiary/aromatic N) is 4. The van der Waals surface area contributed by atoms with Crippen LogP contribution in [0.4, 0.5) is 39.9 Å². The number of benzene rings is 9. The number of pyridine rings is 1. The maximum absolute atomic E-state index is 9.41. The molecule has 0 radical (unpaired) electrons. The molecule has 0 bridgehead atoms. The van der Waals surface area contributed by atoms with Crippen molar-refractivity contribution < 1.29 is 11.6 Å². The fraction of sp³-hybridized carbons (Fsp3) is 0.224. The topological polar surface area (TPSA) is 31.8 Å². The highest BCUT2D eigenvalue weighted by Gasteiger charge is 2.54. The molecule has 408 valence electrons. The first-order chi connectivity index (χ1) is 41.2. The summed E-state index contributed by atoms with van der Waals surface area (Å²) in [6, 6.07) is 64.2. The SMILES string of the molecule is [2H]c1c([2H])c([2H])c(-c2cccc(-c3cc(C(C)(C)C)cc(C(C)(C)C)c3)c2N2CN(c3cc(Oc4ccc5c(c4)N(c4cc(C(C)(C)C)ccn4)c4ccccc4[Si]54c5ccccc5-c5ccccc54)cc(C(C)(C)C)c3)c3ccccc32)c([2H])c1[2H]. The third-order valence-electron chi connectivity index (χ3n) is 17.1. The minimum absolute atomic E-state index is 0.118. The van der Waals surface area contributed by atoms with Gasteiger partial charge in [0.25, 0.3) is 0 Å². The van der Waals surface area contributed by atoms with Crippen molar-refractivity contribution in [2.45, 2.75) is 105 Å². The lowest BCUT2D eigenvalue weighted by atomic mass is 9.78. The van der Waals surface area contributed by atoms with E-state index in [0.29, 0.717) is 23.7 Å². The molecule has 6 heteroatoms. The highest BCUT2D eigenvalue weighted by atomic mass is 28.3. The van der Waals surface area contributed by atoms with Crippen molar-refractivity contribution in [1.29, 1.82) is 0 Å². The number of anilines is 7. The van der Waals surface area contributed by atoms with Gasteiger partial charge in [0.15, 0.2) is 8.07 Å². The van der Waals surface area contributed by atoms with Gasteiger partial charge >= 0.3 is 0 Å². The van der Waals surface area contributed by atoms with E-state index in [-0.39, 0.29) is 51.4 Å². The molecule has 0 unspecified atom stereocenters. The molecule has 1 spiro atoms. The van der Waals surface area contributed by atoms with Crippen molar-refractivity contribution in [3.05, 3.63) is 241 Å². The number of rotatable bonds is 7. The Morgan fingerprint density at radius 3 is 1.56 bits per heavy atom. The summed E-state index contributed by atoms with van der Waals surface area (Å²) in [5, 5.41) is 5.35. The Balaban J connectivity index is 0.987. The zero-order valence-corrected chi connectivity index (χ0v) is 50.3. The highest BCUT2D eigenvalue weighted by molar-refractivity contribution is 7.23. The van der Waals surface area contributed by atoms with Crippen LogP contribution in [0.5, 0.6) is 11.5 Å². The molecule has 9 aromatic carbocycles. The van der Waals surface area contributed by atoms with Crippen LogP contribution in [0.15, 0.2) is 218 Å². The van der Waals surface area contributed by atoms with E-state index >= 15 is 0 Å². The van der Waals surface area contributed by atoms with Gasteiger partial charge in [-0.05, 0) is 135 Å². The Morgan fingerprint density at radius 2 is 0.939 bits per heavy atom. The molecule has 0 saturated carbocycles.